The molecule has 2 bridgehead atoms. The summed E-state index contributed by atoms with van der Waals surface area (Å²) in [5, 5.41) is 5.44. The summed E-state index contributed by atoms with van der Waals surface area (Å²) in [6.45, 7) is 1.69. The number of anilines is 2. The molecule has 1 aromatic heterocycles. The van der Waals surface area contributed by atoms with E-state index in [0.29, 0.717) is 17.1 Å². The lowest BCUT2D eigenvalue weighted by molar-refractivity contribution is -0.126. The second-order valence-corrected chi connectivity index (χ2v) is 6.79. The SMILES string of the molecule is COC(=O)Nc1ccc2c(c1)NC(=O)C(C)CC(=O)C[C@H](N)c1cc-2ccn1. The van der Waals surface area contributed by atoms with Crippen LogP contribution in [0.15, 0.2) is 36.5 Å². The molecule has 2 atom stereocenters. The summed E-state index contributed by atoms with van der Waals surface area (Å²) in [6, 6.07) is 8.21. The van der Waals surface area contributed by atoms with Crippen LogP contribution in [0.5, 0.6) is 0 Å². The van der Waals surface area contributed by atoms with Crippen LogP contribution in [0.1, 0.15) is 31.5 Å². The maximum atomic E-state index is 12.6. The number of nitrogens with one attached hydrogen (secondary N) is 2. The number of ether oxygens (including phenoxy) is 1. The Labute approximate surface area is 162 Å². The summed E-state index contributed by atoms with van der Waals surface area (Å²) in [6.07, 6.45) is 1.23. The average Bonchev–Trinajstić information content (AvgIpc) is 2.67. The van der Waals surface area contributed by atoms with Crippen molar-refractivity contribution < 1.29 is 19.1 Å². The average molecular weight is 382 g/mol. The van der Waals surface area contributed by atoms with Crippen molar-refractivity contribution in [2.75, 3.05) is 17.7 Å². The van der Waals surface area contributed by atoms with E-state index in [1.165, 1.54) is 7.11 Å². The first-order chi connectivity index (χ1) is 13.4. The van der Waals surface area contributed by atoms with Gasteiger partial charge in [-0.2, -0.15) is 0 Å². The molecule has 0 radical (unpaired) electrons. The van der Waals surface area contributed by atoms with Gasteiger partial charge in [0, 0.05) is 36.2 Å². The van der Waals surface area contributed by atoms with Gasteiger partial charge in [0.15, 0.2) is 0 Å². The van der Waals surface area contributed by atoms with Crippen LogP contribution in [0.4, 0.5) is 16.2 Å². The molecule has 8 heteroatoms. The van der Waals surface area contributed by atoms with E-state index in [9.17, 15) is 14.4 Å². The number of aromatic nitrogens is 1. The first-order valence-electron chi connectivity index (χ1n) is 8.91. The van der Waals surface area contributed by atoms with Crippen LogP contribution in [0, 0.1) is 5.92 Å². The van der Waals surface area contributed by atoms with Crippen molar-refractivity contribution in [2.45, 2.75) is 25.8 Å². The van der Waals surface area contributed by atoms with Crippen LogP contribution in [0.2, 0.25) is 0 Å². The molecule has 1 aromatic carbocycles. The lowest BCUT2D eigenvalue weighted by atomic mass is 9.95. The predicted molar refractivity (Wildman–Crippen MR) is 105 cm³/mol. The van der Waals surface area contributed by atoms with Crippen LogP contribution >= 0.6 is 0 Å². The Hall–Kier alpha value is -3.26. The van der Waals surface area contributed by atoms with E-state index in [-0.39, 0.29) is 24.5 Å². The van der Waals surface area contributed by atoms with E-state index in [1.807, 2.05) is 0 Å². The molecule has 2 aromatic rings. The number of nitrogens with two attached hydrogens (primary N) is 1. The summed E-state index contributed by atoms with van der Waals surface area (Å²) in [5.41, 5.74) is 9.27. The molecule has 146 valence electrons. The Morgan fingerprint density at radius 3 is 2.79 bits per heavy atom. The highest BCUT2D eigenvalue weighted by Gasteiger charge is 2.23. The number of pyridine rings is 1. The Morgan fingerprint density at radius 2 is 2.04 bits per heavy atom. The molecule has 28 heavy (non-hydrogen) atoms. The monoisotopic (exact) mass is 382 g/mol. The summed E-state index contributed by atoms with van der Waals surface area (Å²) < 4.78 is 4.61. The van der Waals surface area contributed by atoms with Crippen molar-refractivity contribution in [1.29, 1.82) is 0 Å². The Morgan fingerprint density at radius 1 is 1.25 bits per heavy atom. The van der Waals surface area contributed by atoms with Crippen LogP contribution < -0.4 is 16.4 Å². The normalized spacial score (nSPS) is 19.5. The zero-order valence-electron chi connectivity index (χ0n) is 15.7. The molecule has 0 saturated heterocycles. The number of hydrogen-bond donors (Lipinski definition) is 3. The van der Waals surface area contributed by atoms with Gasteiger partial charge in [0.25, 0.3) is 0 Å². The number of fused-ring (bicyclic) bond motifs is 4. The van der Waals surface area contributed by atoms with Crippen molar-refractivity contribution in [1.82, 2.24) is 4.98 Å². The van der Waals surface area contributed by atoms with E-state index in [0.717, 1.165) is 11.1 Å². The maximum Gasteiger partial charge on any atom is 0.411 e. The van der Waals surface area contributed by atoms with E-state index < -0.39 is 18.1 Å². The number of carbonyl (C=O) groups excluding carboxylic acids is 3. The topological polar surface area (TPSA) is 123 Å². The van der Waals surface area contributed by atoms with Gasteiger partial charge in [-0.3, -0.25) is 19.9 Å². The highest BCUT2D eigenvalue weighted by Crippen LogP contribution is 2.33. The first kappa shape index (κ1) is 19.5. The van der Waals surface area contributed by atoms with E-state index in [2.05, 4.69) is 20.4 Å². The molecule has 4 N–H and O–H groups in total. The largest absolute Gasteiger partial charge is 0.453 e. The molecule has 1 aliphatic rings. The molecular weight excluding hydrogens is 360 g/mol. The zero-order valence-corrected chi connectivity index (χ0v) is 15.7. The van der Waals surface area contributed by atoms with Crippen LogP contribution in [0.25, 0.3) is 11.1 Å². The molecule has 0 spiro atoms. The van der Waals surface area contributed by atoms with E-state index in [4.69, 9.17) is 5.73 Å². The number of ketones is 1. The maximum absolute atomic E-state index is 12.6. The highest BCUT2D eigenvalue weighted by atomic mass is 16.5. The smallest absolute Gasteiger partial charge is 0.411 e. The van der Waals surface area contributed by atoms with Crippen LogP contribution in [0.3, 0.4) is 0 Å². The van der Waals surface area contributed by atoms with Gasteiger partial charge in [0.2, 0.25) is 5.91 Å². The fourth-order valence-corrected chi connectivity index (χ4v) is 3.09. The predicted octanol–water partition coefficient (Wildman–Crippen LogP) is 2.86. The Balaban J connectivity index is 2.10. The van der Waals surface area contributed by atoms with E-state index in [1.54, 1.807) is 43.5 Å². The Bertz CT molecular complexity index is 928. The van der Waals surface area contributed by atoms with Gasteiger partial charge in [-0.05, 0) is 29.8 Å². The zero-order chi connectivity index (χ0) is 20.3. The number of Topliss-reactive ketones (excluding diaryl/α,β-unsaturated/α-hetero) is 1. The second kappa shape index (κ2) is 8.18. The van der Waals surface area contributed by atoms with Gasteiger partial charge in [0.05, 0.1) is 24.5 Å². The summed E-state index contributed by atoms with van der Waals surface area (Å²) >= 11 is 0. The second-order valence-electron chi connectivity index (χ2n) is 6.79. The van der Waals surface area contributed by atoms with E-state index >= 15 is 0 Å². The van der Waals surface area contributed by atoms with Crippen molar-refractivity contribution in [3.8, 4) is 11.1 Å². The van der Waals surface area contributed by atoms with Gasteiger partial charge >= 0.3 is 6.09 Å². The third kappa shape index (κ3) is 4.34. The van der Waals surface area contributed by atoms with Gasteiger partial charge in [-0.15, -0.1) is 0 Å². The molecule has 8 nitrogen and oxygen atoms in total. The number of rotatable bonds is 1. The minimum absolute atomic E-state index is 0.0919. The summed E-state index contributed by atoms with van der Waals surface area (Å²) in [5.74, 6) is -0.895. The number of amides is 2. The number of benzene rings is 1. The van der Waals surface area contributed by atoms with Crippen molar-refractivity contribution in [3.05, 3.63) is 42.2 Å². The quantitative estimate of drug-likeness (QED) is 0.697. The minimum atomic E-state index is -0.615. The fourth-order valence-electron chi connectivity index (χ4n) is 3.09. The number of methoxy groups -OCH3 is 1. The van der Waals surface area contributed by atoms with Gasteiger partial charge in [0.1, 0.15) is 5.78 Å². The summed E-state index contributed by atoms with van der Waals surface area (Å²) in [4.78, 5) is 40.7. The van der Waals surface area contributed by atoms with Gasteiger partial charge < -0.3 is 15.8 Å². The third-order valence-electron chi connectivity index (χ3n) is 4.61. The standard InChI is InChI=1S/C20H22N4O4/c1-11-7-14(25)10-16(21)18-8-12(5-6-22-18)15-4-3-13(23-20(27)28-2)9-17(15)24-19(11)26/h3-6,8-9,11,16H,7,10,21H2,1-2H3,(H,23,27)(H,24,26)/t11?,16-/m0/s1. The van der Waals surface area contributed by atoms with Crippen LogP contribution in [-0.2, 0) is 14.3 Å². The molecule has 0 fully saturated rings. The molecule has 1 aliphatic heterocycles. The number of carbonyl (C=O) groups is 3. The first-order valence-corrected chi connectivity index (χ1v) is 8.91. The van der Waals surface area contributed by atoms with Crippen LogP contribution in [-0.4, -0.2) is 29.9 Å². The molecule has 0 aliphatic carbocycles. The number of nitrogens with zero attached hydrogens (tertiary/aromatic N) is 1. The molecule has 1 unspecified atom stereocenters. The molecule has 2 amide bonds. The Kier molecular flexibility index (Phi) is 5.70. The molecular formula is C20H22N4O4. The van der Waals surface area contributed by atoms with Gasteiger partial charge in [-0.1, -0.05) is 13.0 Å². The van der Waals surface area contributed by atoms with Crippen molar-refractivity contribution in [3.63, 3.8) is 0 Å². The van der Waals surface area contributed by atoms with Crippen molar-refractivity contribution >= 4 is 29.2 Å². The van der Waals surface area contributed by atoms with Gasteiger partial charge in [-0.25, -0.2) is 4.79 Å². The summed E-state index contributed by atoms with van der Waals surface area (Å²) in [7, 11) is 1.27. The number of hydrogen-bond acceptors (Lipinski definition) is 6. The molecule has 0 saturated carbocycles. The fraction of sp³-hybridized carbons (Fsp3) is 0.300. The lowest BCUT2D eigenvalue weighted by Crippen LogP contribution is -2.25. The third-order valence-corrected chi connectivity index (χ3v) is 4.61. The minimum Gasteiger partial charge on any atom is -0.453 e. The highest BCUT2D eigenvalue weighted by molar-refractivity contribution is 6.00. The molecule has 3 rings (SSSR count). The molecule has 2 heterocycles. The lowest BCUT2D eigenvalue weighted by Gasteiger charge is -2.19. The van der Waals surface area contributed by atoms with Crippen molar-refractivity contribution in [2.24, 2.45) is 11.7 Å².